The molecule has 18 heavy (non-hydrogen) atoms. The summed E-state index contributed by atoms with van der Waals surface area (Å²) in [5.41, 5.74) is 5.59. The molecule has 0 saturated carbocycles. The Balaban J connectivity index is 2.27. The average Bonchev–Trinajstić information content (AvgIpc) is 2.30. The van der Waals surface area contributed by atoms with Gasteiger partial charge in [-0.15, -0.1) is 0 Å². The zero-order valence-electron chi connectivity index (χ0n) is 11.8. The molecule has 2 unspecified atom stereocenters. The van der Waals surface area contributed by atoms with Gasteiger partial charge in [-0.2, -0.15) is 0 Å². The molecule has 0 radical (unpaired) electrons. The van der Waals surface area contributed by atoms with Crippen molar-refractivity contribution in [3.8, 4) is 0 Å². The maximum Gasteiger partial charge on any atom is 0.153 e. The van der Waals surface area contributed by atoms with Crippen LogP contribution in [0.4, 0.5) is 0 Å². The normalized spacial score (nSPS) is 26.1. The lowest BCUT2D eigenvalue weighted by Crippen LogP contribution is -2.47. The second kappa shape index (κ2) is 7.46. The molecule has 5 heteroatoms. The molecule has 0 aromatic rings. The highest BCUT2D eigenvalue weighted by atomic mass is 32.2. The fraction of sp³-hybridized carbons (Fsp3) is 1.00. The minimum absolute atomic E-state index is 0.179. The van der Waals surface area contributed by atoms with Crippen molar-refractivity contribution in [2.24, 2.45) is 11.7 Å². The van der Waals surface area contributed by atoms with Crippen molar-refractivity contribution < 1.29 is 8.42 Å². The van der Waals surface area contributed by atoms with E-state index >= 15 is 0 Å². The Morgan fingerprint density at radius 1 is 1.39 bits per heavy atom. The minimum Gasteiger partial charge on any atom is -0.330 e. The number of sulfone groups is 1. The lowest BCUT2D eigenvalue weighted by Gasteiger charge is -2.33. The first-order chi connectivity index (χ1) is 8.48. The monoisotopic (exact) mass is 276 g/mol. The molecule has 1 heterocycles. The second-order valence-electron chi connectivity index (χ2n) is 5.49. The van der Waals surface area contributed by atoms with Crippen LogP contribution in [0.5, 0.6) is 0 Å². The molecule has 0 aromatic heterocycles. The number of nitrogens with zero attached hydrogens (tertiary/aromatic N) is 1. The molecule has 0 aromatic carbocycles. The zero-order chi connectivity index (χ0) is 13.6. The minimum atomic E-state index is -2.78. The van der Waals surface area contributed by atoms with Crippen LogP contribution in [-0.2, 0) is 9.84 Å². The van der Waals surface area contributed by atoms with E-state index in [9.17, 15) is 8.42 Å². The van der Waals surface area contributed by atoms with Gasteiger partial charge in [-0.05, 0) is 45.2 Å². The summed E-state index contributed by atoms with van der Waals surface area (Å²) in [6, 6.07) is 0.179. The summed E-state index contributed by atoms with van der Waals surface area (Å²) in [5, 5.41) is 0. The Morgan fingerprint density at radius 2 is 2.11 bits per heavy atom. The standard InChI is InChI=1S/C13H28N2O2S/c1-3-13(6-7-14)5-4-8-15-9-10-18(16,17)11-12(15)2/h12-13H,3-11,14H2,1-2H3. The quantitative estimate of drug-likeness (QED) is 0.760. The van der Waals surface area contributed by atoms with Gasteiger partial charge >= 0.3 is 0 Å². The van der Waals surface area contributed by atoms with Gasteiger partial charge in [-0.3, -0.25) is 4.90 Å². The van der Waals surface area contributed by atoms with Gasteiger partial charge in [-0.25, -0.2) is 8.42 Å². The van der Waals surface area contributed by atoms with Crippen LogP contribution in [0.2, 0.25) is 0 Å². The molecule has 1 aliphatic heterocycles. The Hall–Kier alpha value is -0.130. The molecular formula is C13H28N2O2S. The smallest absolute Gasteiger partial charge is 0.153 e. The largest absolute Gasteiger partial charge is 0.330 e. The molecule has 1 fully saturated rings. The van der Waals surface area contributed by atoms with Gasteiger partial charge in [0.15, 0.2) is 9.84 Å². The zero-order valence-corrected chi connectivity index (χ0v) is 12.6. The fourth-order valence-corrected chi connectivity index (χ4v) is 4.36. The molecular weight excluding hydrogens is 248 g/mol. The number of rotatable bonds is 7. The topological polar surface area (TPSA) is 63.4 Å². The number of hydrogen-bond donors (Lipinski definition) is 1. The highest BCUT2D eigenvalue weighted by Gasteiger charge is 2.27. The molecule has 0 aliphatic carbocycles. The Kier molecular flexibility index (Phi) is 6.60. The van der Waals surface area contributed by atoms with E-state index in [2.05, 4.69) is 11.8 Å². The van der Waals surface area contributed by atoms with Crippen LogP contribution in [0, 0.1) is 5.92 Å². The van der Waals surface area contributed by atoms with Crippen molar-refractivity contribution >= 4 is 9.84 Å². The molecule has 0 spiro atoms. The van der Waals surface area contributed by atoms with E-state index < -0.39 is 9.84 Å². The summed E-state index contributed by atoms with van der Waals surface area (Å²) in [4.78, 5) is 2.32. The maximum atomic E-state index is 11.5. The second-order valence-corrected chi connectivity index (χ2v) is 7.72. The predicted molar refractivity (Wildman–Crippen MR) is 76.4 cm³/mol. The van der Waals surface area contributed by atoms with E-state index in [1.54, 1.807) is 0 Å². The highest BCUT2D eigenvalue weighted by Crippen LogP contribution is 2.17. The van der Waals surface area contributed by atoms with Crippen molar-refractivity contribution in [3.05, 3.63) is 0 Å². The third-order valence-electron chi connectivity index (χ3n) is 4.02. The van der Waals surface area contributed by atoms with E-state index in [0.717, 1.165) is 31.8 Å². The van der Waals surface area contributed by atoms with Crippen molar-refractivity contribution in [3.63, 3.8) is 0 Å². The van der Waals surface area contributed by atoms with Crippen LogP contribution in [0.25, 0.3) is 0 Å². The van der Waals surface area contributed by atoms with Crippen molar-refractivity contribution in [1.29, 1.82) is 0 Å². The number of nitrogens with two attached hydrogens (primary N) is 1. The number of hydrogen-bond acceptors (Lipinski definition) is 4. The summed E-state index contributed by atoms with van der Waals surface area (Å²) in [5.74, 6) is 1.39. The summed E-state index contributed by atoms with van der Waals surface area (Å²) in [7, 11) is -2.78. The Labute approximate surface area is 112 Å². The van der Waals surface area contributed by atoms with Gasteiger partial charge in [0.1, 0.15) is 0 Å². The third-order valence-corrected chi connectivity index (χ3v) is 5.81. The van der Waals surface area contributed by atoms with Crippen LogP contribution in [0.15, 0.2) is 0 Å². The van der Waals surface area contributed by atoms with Gasteiger partial charge in [0.05, 0.1) is 11.5 Å². The first kappa shape index (κ1) is 15.9. The third kappa shape index (κ3) is 5.24. The summed E-state index contributed by atoms with van der Waals surface area (Å²) >= 11 is 0. The van der Waals surface area contributed by atoms with Crippen LogP contribution in [0.1, 0.15) is 39.5 Å². The summed E-state index contributed by atoms with van der Waals surface area (Å²) < 4.78 is 23.0. The average molecular weight is 276 g/mol. The Bertz CT molecular complexity index is 330. The maximum absolute atomic E-state index is 11.5. The first-order valence-electron chi connectivity index (χ1n) is 7.13. The van der Waals surface area contributed by atoms with Gasteiger partial charge in [0.2, 0.25) is 0 Å². The lowest BCUT2D eigenvalue weighted by molar-refractivity contribution is 0.216. The molecule has 108 valence electrons. The molecule has 0 amide bonds. The molecule has 2 N–H and O–H groups in total. The van der Waals surface area contributed by atoms with Crippen LogP contribution < -0.4 is 5.73 Å². The SMILES string of the molecule is CCC(CCN)CCCN1CCS(=O)(=O)CC1C. The molecule has 0 bridgehead atoms. The van der Waals surface area contributed by atoms with Crippen LogP contribution >= 0.6 is 0 Å². The van der Waals surface area contributed by atoms with Crippen LogP contribution in [0.3, 0.4) is 0 Å². The highest BCUT2D eigenvalue weighted by molar-refractivity contribution is 7.91. The van der Waals surface area contributed by atoms with Gasteiger partial charge < -0.3 is 5.73 Å². The predicted octanol–water partition coefficient (Wildman–Crippen LogP) is 1.26. The van der Waals surface area contributed by atoms with Crippen molar-refractivity contribution in [1.82, 2.24) is 4.90 Å². The van der Waals surface area contributed by atoms with E-state index in [1.165, 1.54) is 12.8 Å². The molecule has 1 aliphatic rings. The van der Waals surface area contributed by atoms with E-state index in [-0.39, 0.29) is 6.04 Å². The van der Waals surface area contributed by atoms with E-state index in [1.807, 2.05) is 6.92 Å². The van der Waals surface area contributed by atoms with Gasteiger partial charge in [-0.1, -0.05) is 13.3 Å². The van der Waals surface area contributed by atoms with Crippen LogP contribution in [-0.4, -0.2) is 50.5 Å². The van der Waals surface area contributed by atoms with E-state index in [4.69, 9.17) is 5.73 Å². The van der Waals surface area contributed by atoms with Gasteiger partial charge in [0.25, 0.3) is 0 Å². The summed E-state index contributed by atoms with van der Waals surface area (Å²) in [6.07, 6.45) is 4.67. The molecule has 1 saturated heterocycles. The van der Waals surface area contributed by atoms with E-state index in [0.29, 0.717) is 18.1 Å². The molecule has 4 nitrogen and oxygen atoms in total. The Morgan fingerprint density at radius 3 is 2.67 bits per heavy atom. The summed E-state index contributed by atoms with van der Waals surface area (Å²) in [6.45, 7) is 6.75. The van der Waals surface area contributed by atoms with Gasteiger partial charge in [0, 0.05) is 12.6 Å². The fourth-order valence-electron chi connectivity index (χ4n) is 2.74. The first-order valence-corrected chi connectivity index (χ1v) is 8.95. The van der Waals surface area contributed by atoms with Crippen molar-refractivity contribution in [2.45, 2.75) is 45.6 Å². The molecule has 1 rings (SSSR count). The molecule has 2 atom stereocenters. The van der Waals surface area contributed by atoms with Crippen molar-refractivity contribution in [2.75, 3.05) is 31.1 Å². The lowest BCUT2D eigenvalue weighted by atomic mass is 9.96.